The first-order valence-corrected chi connectivity index (χ1v) is 3.76. The molecule has 0 unspecified atom stereocenters. The van der Waals surface area contributed by atoms with E-state index in [1.54, 1.807) is 0 Å². The fraction of sp³-hybridized carbons (Fsp3) is 0.333. The first-order chi connectivity index (χ1) is 5.63. The molecular weight excluding hydrogens is 157 g/mol. The standard InChI is InChI=1S/C9H10FNO/c1-6(2)9-4-7(10)3-8(5-12)11-9/h3-6H,1-2H3. The predicted molar refractivity (Wildman–Crippen MR) is 43.7 cm³/mol. The third-order valence-corrected chi connectivity index (χ3v) is 1.54. The Balaban J connectivity index is 3.14. The van der Waals surface area contributed by atoms with Gasteiger partial charge in [-0.25, -0.2) is 9.37 Å². The van der Waals surface area contributed by atoms with Crippen molar-refractivity contribution < 1.29 is 9.18 Å². The summed E-state index contributed by atoms with van der Waals surface area (Å²) in [6.07, 6.45) is 0.551. The summed E-state index contributed by atoms with van der Waals surface area (Å²) in [5, 5.41) is 0. The lowest BCUT2D eigenvalue weighted by Crippen LogP contribution is -1.98. The second kappa shape index (κ2) is 3.43. The second-order valence-electron chi connectivity index (χ2n) is 2.91. The Hall–Kier alpha value is -1.25. The van der Waals surface area contributed by atoms with E-state index in [4.69, 9.17) is 0 Å². The molecule has 0 fully saturated rings. The van der Waals surface area contributed by atoms with Crippen LogP contribution in [0, 0.1) is 5.82 Å². The molecule has 0 spiro atoms. The zero-order chi connectivity index (χ0) is 9.14. The number of hydrogen-bond acceptors (Lipinski definition) is 2. The van der Waals surface area contributed by atoms with E-state index in [2.05, 4.69) is 4.98 Å². The first-order valence-electron chi connectivity index (χ1n) is 3.76. The lowest BCUT2D eigenvalue weighted by atomic mass is 10.1. The van der Waals surface area contributed by atoms with E-state index >= 15 is 0 Å². The Morgan fingerprint density at radius 1 is 1.50 bits per heavy atom. The molecule has 0 N–H and O–H groups in total. The van der Waals surface area contributed by atoms with Crippen molar-refractivity contribution in [2.45, 2.75) is 19.8 Å². The summed E-state index contributed by atoms with van der Waals surface area (Å²) < 4.78 is 12.8. The maximum absolute atomic E-state index is 12.8. The van der Waals surface area contributed by atoms with Crippen LogP contribution >= 0.6 is 0 Å². The minimum absolute atomic E-state index is 0.138. The van der Waals surface area contributed by atoms with Gasteiger partial charge < -0.3 is 0 Å². The number of hydrogen-bond donors (Lipinski definition) is 0. The summed E-state index contributed by atoms with van der Waals surface area (Å²) in [4.78, 5) is 14.2. The minimum atomic E-state index is -0.407. The molecule has 0 bridgehead atoms. The highest BCUT2D eigenvalue weighted by Crippen LogP contribution is 2.12. The van der Waals surface area contributed by atoms with Crippen LogP contribution in [-0.2, 0) is 0 Å². The molecule has 0 atom stereocenters. The number of halogens is 1. The summed E-state index contributed by atoms with van der Waals surface area (Å²) in [6, 6.07) is 2.47. The summed E-state index contributed by atoms with van der Waals surface area (Å²) in [7, 11) is 0. The maximum atomic E-state index is 12.8. The first kappa shape index (κ1) is 8.84. The van der Waals surface area contributed by atoms with Crippen molar-refractivity contribution in [3.8, 4) is 0 Å². The van der Waals surface area contributed by atoms with E-state index in [-0.39, 0.29) is 11.6 Å². The van der Waals surface area contributed by atoms with Gasteiger partial charge in [0.25, 0.3) is 0 Å². The van der Waals surface area contributed by atoms with Gasteiger partial charge in [0.1, 0.15) is 11.5 Å². The minimum Gasteiger partial charge on any atom is -0.296 e. The number of aldehydes is 1. The zero-order valence-electron chi connectivity index (χ0n) is 7.04. The molecule has 1 heterocycles. The van der Waals surface area contributed by atoms with Gasteiger partial charge in [0.15, 0.2) is 6.29 Å². The highest BCUT2D eigenvalue weighted by atomic mass is 19.1. The van der Waals surface area contributed by atoms with E-state index in [0.29, 0.717) is 12.0 Å². The average molecular weight is 167 g/mol. The van der Waals surface area contributed by atoms with Crippen LogP contribution in [0.15, 0.2) is 12.1 Å². The molecule has 0 aromatic carbocycles. The molecular formula is C9H10FNO. The van der Waals surface area contributed by atoms with Crippen molar-refractivity contribution in [1.82, 2.24) is 4.98 Å². The van der Waals surface area contributed by atoms with E-state index in [9.17, 15) is 9.18 Å². The molecule has 64 valence electrons. The summed E-state index contributed by atoms with van der Waals surface area (Å²) in [6.45, 7) is 3.80. The molecule has 2 nitrogen and oxygen atoms in total. The Bertz CT molecular complexity index is 297. The van der Waals surface area contributed by atoms with Crippen LogP contribution in [0.4, 0.5) is 4.39 Å². The smallest absolute Gasteiger partial charge is 0.168 e. The average Bonchev–Trinajstić information content (AvgIpc) is 2.03. The normalized spacial score (nSPS) is 10.3. The van der Waals surface area contributed by atoms with Crippen molar-refractivity contribution in [2.75, 3.05) is 0 Å². The van der Waals surface area contributed by atoms with Crippen molar-refractivity contribution in [2.24, 2.45) is 0 Å². The van der Waals surface area contributed by atoms with Crippen molar-refractivity contribution >= 4 is 6.29 Å². The van der Waals surface area contributed by atoms with Crippen LogP contribution in [0.25, 0.3) is 0 Å². The van der Waals surface area contributed by atoms with Gasteiger partial charge in [-0.2, -0.15) is 0 Å². The van der Waals surface area contributed by atoms with Crippen LogP contribution in [0.5, 0.6) is 0 Å². The monoisotopic (exact) mass is 167 g/mol. The number of aromatic nitrogens is 1. The molecule has 1 rings (SSSR count). The molecule has 0 aliphatic carbocycles. The van der Waals surface area contributed by atoms with Gasteiger partial charge in [-0.15, -0.1) is 0 Å². The number of carbonyl (C=O) groups excluding carboxylic acids is 1. The molecule has 12 heavy (non-hydrogen) atoms. The van der Waals surface area contributed by atoms with Crippen LogP contribution in [0.1, 0.15) is 35.9 Å². The SMILES string of the molecule is CC(C)c1cc(F)cc(C=O)n1. The van der Waals surface area contributed by atoms with Gasteiger partial charge in [-0.05, 0) is 12.0 Å². The topological polar surface area (TPSA) is 30.0 Å². The Morgan fingerprint density at radius 2 is 2.17 bits per heavy atom. The van der Waals surface area contributed by atoms with Crippen molar-refractivity contribution in [3.63, 3.8) is 0 Å². The lowest BCUT2D eigenvalue weighted by Gasteiger charge is -2.03. The van der Waals surface area contributed by atoms with Crippen molar-refractivity contribution in [1.29, 1.82) is 0 Å². The van der Waals surface area contributed by atoms with Crippen molar-refractivity contribution in [3.05, 3.63) is 29.3 Å². The Labute approximate surface area is 70.4 Å². The molecule has 0 saturated carbocycles. The molecule has 0 radical (unpaired) electrons. The Morgan fingerprint density at radius 3 is 2.67 bits per heavy atom. The molecule has 0 saturated heterocycles. The number of carbonyl (C=O) groups is 1. The molecule has 0 amide bonds. The van der Waals surface area contributed by atoms with Crippen LogP contribution in [0.3, 0.4) is 0 Å². The lowest BCUT2D eigenvalue weighted by molar-refractivity contribution is 0.111. The molecule has 1 aromatic heterocycles. The van der Waals surface area contributed by atoms with E-state index in [1.807, 2.05) is 13.8 Å². The Kier molecular flexibility index (Phi) is 2.53. The highest BCUT2D eigenvalue weighted by Gasteiger charge is 2.04. The van der Waals surface area contributed by atoms with Crippen LogP contribution in [0.2, 0.25) is 0 Å². The van der Waals surface area contributed by atoms with Crippen LogP contribution < -0.4 is 0 Å². The van der Waals surface area contributed by atoms with Crippen LogP contribution in [-0.4, -0.2) is 11.3 Å². The largest absolute Gasteiger partial charge is 0.296 e. The highest BCUT2D eigenvalue weighted by molar-refractivity contribution is 5.71. The fourth-order valence-corrected chi connectivity index (χ4v) is 0.894. The zero-order valence-corrected chi connectivity index (χ0v) is 7.04. The van der Waals surface area contributed by atoms with E-state index in [1.165, 1.54) is 6.07 Å². The number of nitrogens with zero attached hydrogens (tertiary/aromatic N) is 1. The molecule has 0 aliphatic rings. The fourth-order valence-electron chi connectivity index (χ4n) is 0.894. The summed E-state index contributed by atoms with van der Waals surface area (Å²) in [5.74, 6) is -0.268. The third-order valence-electron chi connectivity index (χ3n) is 1.54. The maximum Gasteiger partial charge on any atom is 0.168 e. The summed E-state index contributed by atoms with van der Waals surface area (Å²) >= 11 is 0. The van der Waals surface area contributed by atoms with Gasteiger partial charge in [-0.1, -0.05) is 13.8 Å². The third kappa shape index (κ3) is 1.87. The summed E-state index contributed by atoms with van der Waals surface area (Å²) in [5.41, 5.74) is 0.760. The van der Waals surface area contributed by atoms with Gasteiger partial charge in [0.05, 0.1) is 0 Å². The molecule has 3 heteroatoms. The molecule has 1 aromatic rings. The second-order valence-corrected chi connectivity index (χ2v) is 2.91. The number of pyridine rings is 1. The number of rotatable bonds is 2. The van der Waals surface area contributed by atoms with Gasteiger partial charge in [-0.3, -0.25) is 4.79 Å². The van der Waals surface area contributed by atoms with Gasteiger partial charge in [0, 0.05) is 11.8 Å². The van der Waals surface area contributed by atoms with E-state index < -0.39 is 5.82 Å². The predicted octanol–water partition coefficient (Wildman–Crippen LogP) is 2.16. The quantitative estimate of drug-likeness (QED) is 0.632. The molecule has 0 aliphatic heterocycles. The van der Waals surface area contributed by atoms with E-state index in [0.717, 1.165) is 6.07 Å². The van der Waals surface area contributed by atoms with Gasteiger partial charge in [0.2, 0.25) is 0 Å². The van der Waals surface area contributed by atoms with Gasteiger partial charge >= 0.3 is 0 Å².